The van der Waals surface area contributed by atoms with Crippen molar-refractivity contribution >= 4 is 17.9 Å². The molecule has 0 aliphatic carbocycles. The van der Waals surface area contributed by atoms with Crippen LogP contribution < -0.4 is 0 Å². The molecule has 1 atom stereocenters. The van der Waals surface area contributed by atoms with Crippen molar-refractivity contribution in [2.24, 2.45) is 0 Å². The van der Waals surface area contributed by atoms with Crippen LogP contribution in [-0.2, 0) is 14.3 Å². The van der Waals surface area contributed by atoms with Crippen LogP contribution in [0.25, 0.3) is 0 Å². The van der Waals surface area contributed by atoms with Crippen LogP contribution >= 0.6 is 0 Å². The molecule has 1 rings (SSSR count). The van der Waals surface area contributed by atoms with Crippen molar-refractivity contribution in [1.29, 1.82) is 0 Å². The number of aromatic carboxylic acids is 1. The fourth-order valence-electron chi connectivity index (χ4n) is 1.53. The Morgan fingerprint density at radius 3 is 2.27 bits per heavy atom. The van der Waals surface area contributed by atoms with Crippen LogP contribution in [0.2, 0.25) is 0 Å². The Bertz CT molecular complexity index is 548. The standard InChI is InChI=1S/C15H16O7/c1-2-13(17)22-12(7-8-16)9-21-15(20)11-5-3-10(4-6-11)14(18)19/h2-6,12,16H,1,7-9H2,(H,18,19). The van der Waals surface area contributed by atoms with Gasteiger partial charge >= 0.3 is 17.9 Å². The summed E-state index contributed by atoms with van der Waals surface area (Å²) in [6.07, 6.45) is 0.305. The number of ether oxygens (including phenoxy) is 2. The average molecular weight is 308 g/mol. The lowest BCUT2D eigenvalue weighted by molar-refractivity contribution is -0.145. The Hall–Kier alpha value is -2.67. The minimum absolute atomic E-state index is 0.0506. The van der Waals surface area contributed by atoms with Crippen molar-refractivity contribution in [3.05, 3.63) is 48.0 Å². The lowest BCUT2D eigenvalue weighted by Crippen LogP contribution is -2.25. The smallest absolute Gasteiger partial charge is 0.338 e. The van der Waals surface area contributed by atoms with Crippen molar-refractivity contribution in [2.75, 3.05) is 13.2 Å². The van der Waals surface area contributed by atoms with E-state index in [0.717, 1.165) is 6.08 Å². The Kier molecular flexibility index (Phi) is 6.78. The van der Waals surface area contributed by atoms with Gasteiger partial charge in [-0.3, -0.25) is 0 Å². The molecule has 0 aliphatic heterocycles. The highest BCUT2D eigenvalue weighted by Gasteiger charge is 2.16. The molecule has 118 valence electrons. The normalized spacial score (nSPS) is 11.3. The largest absolute Gasteiger partial charge is 0.478 e. The van der Waals surface area contributed by atoms with Crippen LogP contribution in [-0.4, -0.2) is 47.4 Å². The van der Waals surface area contributed by atoms with Gasteiger partial charge in [-0.25, -0.2) is 14.4 Å². The number of carbonyl (C=O) groups is 3. The number of benzene rings is 1. The first kappa shape index (κ1) is 17.4. The molecular weight excluding hydrogens is 292 g/mol. The van der Waals surface area contributed by atoms with Crippen LogP contribution in [0.3, 0.4) is 0 Å². The van der Waals surface area contributed by atoms with E-state index in [1.54, 1.807) is 0 Å². The first-order chi connectivity index (χ1) is 10.5. The summed E-state index contributed by atoms with van der Waals surface area (Å²) in [7, 11) is 0. The maximum Gasteiger partial charge on any atom is 0.338 e. The summed E-state index contributed by atoms with van der Waals surface area (Å²) in [5.74, 6) is -2.46. The monoisotopic (exact) mass is 308 g/mol. The number of esters is 2. The van der Waals surface area contributed by atoms with E-state index in [9.17, 15) is 14.4 Å². The molecule has 0 heterocycles. The predicted octanol–water partition coefficient (Wildman–Crippen LogP) is 1.02. The van der Waals surface area contributed by atoms with Gasteiger partial charge in [0, 0.05) is 19.1 Å². The van der Waals surface area contributed by atoms with E-state index in [1.165, 1.54) is 24.3 Å². The van der Waals surface area contributed by atoms with Crippen molar-refractivity contribution in [3.8, 4) is 0 Å². The summed E-state index contributed by atoms with van der Waals surface area (Å²) >= 11 is 0. The predicted molar refractivity (Wildman–Crippen MR) is 75.5 cm³/mol. The zero-order valence-electron chi connectivity index (χ0n) is 11.7. The van der Waals surface area contributed by atoms with E-state index >= 15 is 0 Å². The van der Waals surface area contributed by atoms with Crippen molar-refractivity contribution < 1.29 is 34.1 Å². The lowest BCUT2D eigenvalue weighted by Gasteiger charge is -2.16. The molecule has 0 fully saturated rings. The maximum atomic E-state index is 11.8. The van der Waals surface area contributed by atoms with Gasteiger partial charge in [-0.2, -0.15) is 0 Å². The van der Waals surface area contributed by atoms with Gasteiger partial charge < -0.3 is 19.7 Å². The summed E-state index contributed by atoms with van der Waals surface area (Å²) in [4.78, 5) is 33.6. The third-order valence-corrected chi connectivity index (χ3v) is 2.67. The third-order valence-electron chi connectivity index (χ3n) is 2.67. The van der Waals surface area contributed by atoms with Gasteiger partial charge in [0.05, 0.1) is 11.1 Å². The lowest BCUT2D eigenvalue weighted by atomic mass is 10.1. The molecule has 0 aromatic heterocycles. The van der Waals surface area contributed by atoms with Gasteiger partial charge in [0.2, 0.25) is 0 Å². The van der Waals surface area contributed by atoms with Crippen LogP contribution in [0, 0.1) is 0 Å². The van der Waals surface area contributed by atoms with Gasteiger partial charge in [0.25, 0.3) is 0 Å². The van der Waals surface area contributed by atoms with Crippen LogP contribution in [0.1, 0.15) is 27.1 Å². The summed E-state index contributed by atoms with van der Waals surface area (Å²) in [6.45, 7) is 2.79. The van der Waals surface area contributed by atoms with Gasteiger partial charge in [0.1, 0.15) is 12.7 Å². The molecule has 0 amide bonds. The second-order valence-electron chi connectivity index (χ2n) is 4.26. The first-order valence-electron chi connectivity index (χ1n) is 6.42. The second-order valence-corrected chi connectivity index (χ2v) is 4.26. The number of aliphatic hydroxyl groups excluding tert-OH is 1. The Labute approximate surface area is 126 Å². The van der Waals surface area contributed by atoms with Gasteiger partial charge in [-0.15, -0.1) is 0 Å². The van der Waals surface area contributed by atoms with E-state index in [0.29, 0.717) is 0 Å². The molecule has 0 aliphatic rings. The molecule has 2 N–H and O–H groups in total. The number of hydrogen-bond acceptors (Lipinski definition) is 6. The van der Waals surface area contributed by atoms with E-state index < -0.39 is 24.0 Å². The SMILES string of the molecule is C=CC(=O)OC(CCO)COC(=O)c1ccc(C(=O)O)cc1. The van der Waals surface area contributed by atoms with Gasteiger partial charge in [-0.05, 0) is 24.3 Å². The second kappa shape index (κ2) is 8.58. The minimum Gasteiger partial charge on any atom is -0.478 e. The summed E-state index contributed by atoms with van der Waals surface area (Å²) in [5.41, 5.74) is 0.220. The highest BCUT2D eigenvalue weighted by molar-refractivity contribution is 5.92. The number of carboxylic acid groups (broad SMARTS) is 1. The Morgan fingerprint density at radius 2 is 1.77 bits per heavy atom. The molecular formula is C15H16O7. The van der Waals surface area contributed by atoms with Crippen LogP contribution in [0.5, 0.6) is 0 Å². The highest BCUT2D eigenvalue weighted by Crippen LogP contribution is 2.08. The van der Waals surface area contributed by atoms with E-state index in [2.05, 4.69) is 6.58 Å². The topological polar surface area (TPSA) is 110 Å². The molecule has 1 unspecified atom stereocenters. The fraction of sp³-hybridized carbons (Fsp3) is 0.267. The molecule has 0 radical (unpaired) electrons. The molecule has 0 saturated heterocycles. The molecule has 0 spiro atoms. The van der Waals surface area contributed by atoms with Crippen molar-refractivity contribution in [2.45, 2.75) is 12.5 Å². The number of carboxylic acids is 1. The van der Waals surface area contributed by atoms with E-state index in [1.807, 2.05) is 0 Å². The molecule has 7 heteroatoms. The van der Waals surface area contributed by atoms with Crippen molar-refractivity contribution in [1.82, 2.24) is 0 Å². The summed E-state index contributed by atoms with van der Waals surface area (Å²) in [5, 5.41) is 17.6. The highest BCUT2D eigenvalue weighted by atomic mass is 16.6. The third kappa shape index (κ3) is 5.37. The number of rotatable bonds is 8. The average Bonchev–Trinajstić information content (AvgIpc) is 2.52. The molecule has 1 aromatic rings. The molecule has 0 saturated carbocycles. The first-order valence-corrected chi connectivity index (χ1v) is 6.42. The van der Waals surface area contributed by atoms with Gasteiger partial charge in [0.15, 0.2) is 0 Å². The fourth-order valence-corrected chi connectivity index (χ4v) is 1.53. The molecule has 1 aromatic carbocycles. The quantitative estimate of drug-likeness (QED) is 0.545. The number of aliphatic hydroxyl groups is 1. The maximum absolute atomic E-state index is 11.8. The summed E-state index contributed by atoms with van der Waals surface area (Å²) in [6, 6.07) is 5.20. The van der Waals surface area contributed by atoms with Gasteiger partial charge in [-0.1, -0.05) is 6.58 Å². The van der Waals surface area contributed by atoms with E-state index in [4.69, 9.17) is 19.7 Å². The van der Waals surface area contributed by atoms with Crippen LogP contribution in [0.4, 0.5) is 0 Å². The zero-order valence-corrected chi connectivity index (χ0v) is 11.7. The Morgan fingerprint density at radius 1 is 1.18 bits per heavy atom. The number of carbonyl (C=O) groups excluding carboxylic acids is 2. The number of hydrogen-bond donors (Lipinski definition) is 2. The Balaban J connectivity index is 2.60. The zero-order chi connectivity index (χ0) is 16.5. The minimum atomic E-state index is -1.10. The van der Waals surface area contributed by atoms with E-state index in [-0.39, 0.29) is 30.8 Å². The molecule has 7 nitrogen and oxygen atoms in total. The molecule has 22 heavy (non-hydrogen) atoms. The van der Waals surface area contributed by atoms with Crippen LogP contribution in [0.15, 0.2) is 36.9 Å². The molecule has 0 bridgehead atoms. The van der Waals surface area contributed by atoms with Crippen molar-refractivity contribution in [3.63, 3.8) is 0 Å². The summed E-state index contributed by atoms with van der Waals surface area (Å²) < 4.78 is 9.88.